The highest BCUT2D eigenvalue weighted by atomic mass is 32.1. The van der Waals surface area contributed by atoms with Crippen LogP contribution >= 0.6 is 11.3 Å². The molecule has 1 N–H and O–H groups in total. The SMILES string of the molecule is CC(=O)N1CCN(c2nc3c(s2)CC(C(=O)Nc2cccc(C)c2)CC3)CC1. The number of benzene rings is 1. The summed E-state index contributed by atoms with van der Waals surface area (Å²) in [6.45, 7) is 6.80. The van der Waals surface area contributed by atoms with E-state index in [-0.39, 0.29) is 17.7 Å². The first-order valence-electron chi connectivity index (χ1n) is 9.86. The number of anilines is 2. The Balaban J connectivity index is 1.39. The van der Waals surface area contributed by atoms with Crippen LogP contribution in [0.25, 0.3) is 0 Å². The summed E-state index contributed by atoms with van der Waals surface area (Å²) in [4.78, 5) is 34.5. The zero-order valence-corrected chi connectivity index (χ0v) is 17.2. The average molecular weight is 399 g/mol. The van der Waals surface area contributed by atoms with Crippen molar-refractivity contribution in [3.8, 4) is 0 Å². The van der Waals surface area contributed by atoms with Gasteiger partial charge in [0.25, 0.3) is 0 Å². The van der Waals surface area contributed by atoms with Gasteiger partial charge in [-0.15, -0.1) is 11.3 Å². The molecule has 1 aromatic heterocycles. The van der Waals surface area contributed by atoms with Crippen LogP contribution in [-0.4, -0.2) is 47.9 Å². The normalized spacial score (nSPS) is 19.3. The van der Waals surface area contributed by atoms with Gasteiger partial charge in [-0.25, -0.2) is 4.98 Å². The lowest BCUT2D eigenvalue weighted by molar-refractivity contribution is -0.129. The van der Waals surface area contributed by atoms with Crippen molar-refractivity contribution in [1.29, 1.82) is 0 Å². The van der Waals surface area contributed by atoms with Crippen LogP contribution in [0.4, 0.5) is 10.8 Å². The first kappa shape index (κ1) is 18.9. The fourth-order valence-electron chi connectivity index (χ4n) is 3.90. The molecule has 1 saturated heterocycles. The first-order valence-corrected chi connectivity index (χ1v) is 10.7. The summed E-state index contributed by atoms with van der Waals surface area (Å²) >= 11 is 1.71. The fourth-order valence-corrected chi connectivity index (χ4v) is 5.14. The van der Waals surface area contributed by atoms with Crippen LogP contribution < -0.4 is 10.2 Å². The number of carbonyl (C=O) groups is 2. The van der Waals surface area contributed by atoms with Crippen molar-refractivity contribution in [2.75, 3.05) is 36.4 Å². The van der Waals surface area contributed by atoms with Gasteiger partial charge in [-0.2, -0.15) is 0 Å². The Morgan fingerprint density at radius 3 is 2.71 bits per heavy atom. The molecule has 4 rings (SSSR count). The van der Waals surface area contributed by atoms with Gasteiger partial charge in [0.1, 0.15) is 0 Å². The Hall–Kier alpha value is -2.41. The number of thiazole rings is 1. The smallest absolute Gasteiger partial charge is 0.227 e. The van der Waals surface area contributed by atoms with Gasteiger partial charge in [-0.05, 0) is 43.9 Å². The minimum Gasteiger partial charge on any atom is -0.345 e. The molecule has 7 heteroatoms. The van der Waals surface area contributed by atoms with Crippen LogP contribution in [-0.2, 0) is 22.4 Å². The third kappa shape index (κ3) is 4.04. The molecule has 0 radical (unpaired) electrons. The van der Waals surface area contributed by atoms with Crippen molar-refractivity contribution in [1.82, 2.24) is 9.88 Å². The third-order valence-corrected chi connectivity index (χ3v) is 6.76. The Bertz CT molecular complexity index is 886. The van der Waals surface area contributed by atoms with Crippen LogP contribution in [0.15, 0.2) is 24.3 Å². The molecule has 2 aromatic rings. The molecule has 1 aliphatic carbocycles. The van der Waals surface area contributed by atoms with E-state index in [4.69, 9.17) is 4.98 Å². The van der Waals surface area contributed by atoms with Crippen molar-refractivity contribution < 1.29 is 9.59 Å². The second-order valence-corrected chi connectivity index (χ2v) is 8.72. The van der Waals surface area contributed by atoms with Crippen LogP contribution in [0, 0.1) is 12.8 Å². The van der Waals surface area contributed by atoms with Crippen molar-refractivity contribution in [3.63, 3.8) is 0 Å². The Morgan fingerprint density at radius 2 is 2.00 bits per heavy atom. The fraction of sp³-hybridized carbons (Fsp3) is 0.476. The molecule has 2 amide bonds. The zero-order valence-electron chi connectivity index (χ0n) is 16.4. The number of piperazine rings is 1. The highest BCUT2D eigenvalue weighted by molar-refractivity contribution is 7.15. The molecule has 2 aliphatic rings. The number of aryl methyl sites for hydroxylation is 2. The van der Waals surface area contributed by atoms with Crippen molar-refractivity contribution in [3.05, 3.63) is 40.4 Å². The van der Waals surface area contributed by atoms with E-state index in [1.807, 2.05) is 36.1 Å². The lowest BCUT2D eigenvalue weighted by Crippen LogP contribution is -2.48. The molecular weight excluding hydrogens is 372 g/mol. The molecule has 1 aromatic carbocycles. The van der Waals surface area contributed by atoms with E-state index >= 15 is 0 Å². The monoisotopic (exact) mass is 398 g/mol. The Kier molecular flexibility index (Phi) is 5.35. The van der Waals surface area contributed by atoms with Crippen molar-refractivity contribution >= 4 is 34.0 Å². The maximum atomic E-state index is 12.7. The molecule has 0 spiro atoms. The van der Waals surface area contributed by atoms with E-state index in [2.05, 4.69) is 10.2 Å². The number of hydrogen-bond acceptors (Lipinski definition) is 5. The summed E-state index contributed by atoms with van der Waals surface area (Å²) < 4.78 is 0. The van der Waals surface area contributed by atoms with Crippen LogP contribution in [0.1, 0.15) is 29.5 Å². The van der Waals surface area contributed by atoms with Gasteiger partial charge in [-0.1, -0.05) is 12.1 Å². The maximum Gasteiger partial charge on any atom is 0.227 e. The van der Waals surface area contributed by atoms with Crippen LogP contribution in [0.5, 0.6) is 0 Å². The molecule has 1 fully saturated rings. The largest absolute Gasteiger partial charge is 0.345 e. The summed E-state index contributed by atoms with van der Waals surface area (Å²) in [5.41, 5.74) is 3.15. The molecule has 1 atom stereocenters. The van der Waals surface area contributed by atoms with E-state index in [1.165, 1.54) is 4.88 Å². The van der Waals surface area contributed by atoms with Crippen molar-refractivity contribution in [2.45, 2.75) is 33.1 Å². The number of nitrogens with one attached hydrogen (secondary N) is 1. The summed E-state index contributed by atoms with van der Waals surface area (Å²) in [5.74, 6) is 0.234. The quantitative estimate of drug-likeness (QED) is 0.863. The van der Waals surface area contributed by atoms with Gasteiger partial charge in [0.15, 0.2) is 5.13 Å². The van der Waals surface area contributed by atoms with Gasteiger partial charge in [-0.3, -0.25) is 9.59 Å². The summed E-state index contributed by atoms with van der Waals surface area (Å²) in [5, 5.41) is 4.10. The Labute approximate surface area is 169 Å². The number of fused-ring (bicyclic) bond motifs is 1. The standard InChI is InChI=1S/C21H26N4O2S/c1-14-4-3-5-17(12-14)22-20(27)16-6-7-18-19(13-16)28-21(23-18)25-10-8-24(9-11-25)15(2)26/h3-5,12,16H,6-11,13H2,1-2H3,(H,22,27). The highest BCUT2D eigenvalue weighted by Gasteiger charge is 2.29. The number of carbonyl (C=O) groups excluding carboxylic acids is 2. The lowest BCUT2D eigenvalue weighted by atomic mass is 9.90. The van der Waals surface area contributed by atoms with E-state index in [0.717, 1.165) is 67.5 Å². The Morgan fingerprint density at radius 1 is 1.21 bits per heavy atom. The highest BCUT2D eigenvalue weighted by Crippen LogP contribution is 2.35. The maximum absolute atomic E-state index is 12.7. The molecular formula is C21H26N4O2S. The number of hydrogen-bond donors (Lipinski definition) is 1. The van der Waals surface area contributed by atoms with Gasteiger partial charge >= 0.3 is 0 Å². The van der Waals surface area contributed by atoms with Gasteiger partial charge in [0.2, 0.25) is 11.8 Å². The predicted molar refractivity (Wildman–Crippen MR) is 112 cm³/mol. The molecule has 0 saturated carbocycles. The number of nitrogens with zero attached hydrogens (tertiary/aromatic N) is 3. The second kappa shape index (κ2) is 7.91. The second-order valence-electron chi connectivity index (χ2n) is 7.66. The average Bonchev–Trinajstić information content (AvgIpc) is 3.11. The zero-order chi connectivity index (χ0) is 19.7. The number of amides is 2. The predicted octanol–water partition coefficient (Wildman–Crippen LogP) is 2.86. The third-order valence-electron chi connectivity index (χ3n) is 5.58. The molecule has 1 aliphatic heterocycles. The van der Waals surface area contributed by atoms with E-state index in [0.29, 0.717) is 0 Å². The van der Waals surface area contributed by atoms with E-state index < -0.39 is 0 Å². The van der Waals surface area contributed by atoms with Gasteiger partial charge in [0, 0.05) is 49.6 Å². The van der Waals surface area contributed by atoms with Gasteiger partial charge in [0.05, 0.1) is 5.69 Å². The minimum atomic E-state index is -0.00382. The summed E-state index contributed by atoms with van der Waals surface area (Å²) in [6.07, 6.45) is 2.45. The molecule has 28 heavy (non-hydrogen) atoms. The molecule has 0 bridgehead atoms. The summed E-state index contributed by atoms with van der Waals surface area (Å²) in [7, 11) is 0. The van der Waals surface area contributed by atoms with Crippen LogP contribution in [0.3, 0.4) is 0 Å². The van der Waals surface area contributed by atoms with E-state index in [1.54, 1.807) is 18.3 Å². The molecule has 148 valence electrons. The molecule has 2 heterocycles. The van der Waals surface area contributed by atoms with Crippen LogP contribution in [0.2, 0.25) is 0 Å². The lowest BCUT2D eigenvalue weighted by Gasteiger charge is -2.33. The number of rotatable bonds is 3. The van der Waals surface area contributed by atoms with Gasteiger partial charge < -0.3 is 15.1 Å². The van der Waals surface area contributed by atoms with E-state index in [9.17, 15) is 9.59 Å². The topological polar surface area (TPSA) is 65.5 Å². The van der Waals surface area contributed by atoms with Crippen molar-refractivity contribution in [2.24, 2.45) is 5.92 Å². The number of aromatic nitrogens is 1. The molecule has 1 unspecified atom stereocenters. The minimum absolute atomic E-state index is 0.00382. The summed E-state index contributed by atoms with van der Waals surface area (Å²) in [6, 6.07) is 7.92. The molecule has 6 nitrogen and oxygen atoms in total. The first-order chi connectivity index (χ1) is 13.5.